The summed E-state index contributed by atoms with van der Waals surface area (Å²) in [7, 11) is -2.09. The number of rotatable bonds is 3. The van der Waals surface area contributed by atoms with Gasteiger partial charge in [-0.2, -0.15) is 5.10 Å². The molecule has 0 amide bonds. The first-order valence-corrected chi connectivity index (χ1v) is 6.75. The van der Waals surface area contributed by atoms with E-state index in [1.165, 1.54) is 4.68 Å². The van der Waals surface area contributed by atoms with Crippen LogP contribution < -0.4 is 4.72 Å². The zero-order valence-corrected chi connectivity index (χ0v) is 11.2. The second-order valence-corrected chi connectivity index (χ2v) is 5.61. The summed E-state index contributed by atoms with van der Waals surface area (Å²) in [5, 5.41) is 4.03. The van der Waals surface area contributed by atoms with E-state index in [1.54, 1.807) is 20.0 Å². The first-order valence-electron chi connectivity index (χ1n) is 4.89. The second-order valence-electron chi connectivity index (χ2n) is 3.59. The van der Waals surface area contributed by atoms with Crippen molar-refractivity contribution >= 4 is 27.4 Å². The minimum absolute atomic E-state index is 0.00896. The molecule has 0 bridgehead atoms. The van der Waals surface area contributed by atoms with Gasteiger partial charge in [0.1, 0.15) is 10.7 Å². The van der Waals surface area contributed by atoms with Crippen LogP contribution in [0.25, 0.3) is 0 Å². The average molecular weight is 288 g/mol. The summed E-state index contributed by atoms with van der Waals surface area (Å²) in [6, 6.07) is 1.62. The van der Waals surface area contributed by atoms with E-state index < -0.39 is 10.0 Å². The summed E-state index contributed by atoms with van der Waals surface area (Å²) in [5.41, 5.74) is 0.711. The number of halogens is 1. The van der Waals surface area contributed by atoms with Crippen LogP contribution in [-0.2, 0) is 17.1 Å². The molecule has 2 rings (SSSR count). The highest BCUT2D eigenvalue weighted by Gasteiger charge is 2.17. The van der Waals surface area contributed by atoms with Gasteiger partial charge < -0.3 is 0 Å². The van der Waals surface area contributed by atoms with Gasteiger partial charge in [-0.15, -0.1) is 0 Å². The number of aromatic nitrogens is 4. The summed E-state index contributed by atoms with van der Waals surface area (Å²) >= 11 is 5.50. The van der Waals surface area contributed by atoms with Crippen molar-refractivity contribution in [1.82, 2.24) is 19.7 Å². The lowest BCUT2D eigenvalue weighted by Crippen LogP contribution is -2.15. The van der Waals surface area contributed by atoms with Gasteiger partial charge in [0.05, 0.1) is 18.1 Å². The number of nitrogens with zero attached hydrogens (tertiary/aromatic N) is 4. The Kier molecular flexibility index (Phi) is 3.22. The van der Waals surface area contributed by atoms with Crippen LogP contribution in [0.4, 0.5) is 5.82 Å². The molecule has 0 fully saturated rings. The third-order valence-electron chi connectivity index (χ3n) is 2.15. The van der Waals surface area contributed by atoms with Crippen molar-refractivity contribution < 1.29 is 8.42 Å². The Labute approximate surface area is 109 Å². The van der Waals surface area contributed by atoms with Crippen molar-refractivity contribution in [1.29, 1.82) is 0 Å². The summed E-state index contributed by atoms with van der Waals surface area (Å²) in [5.74, 6) is 0.363. The fourth-order valence-electron chi connectivity index (χ4n) is 1.34. The molecule has 7 nitrogen and oxygen atoms in total. The predicted molar refractivity (Wildman–Crippen MR) is 65.8 cm³/mol. The molecule has 2 aromatic heterocycles. The van der Waals surface area contributed by atoms with Crippen molar-refractivity contribution in [3.63, 3.8) is 0 Å². The lowest BCUT2D eigenvalue weighted by Gasteiger charge is -2.06. The molecule has 0 aliphatic rings. The minimum atomic E-state index is -3.73. The Balaban J connectivity index is 2.33. The van der Waals surface area contributed by atoms with Crippen molar-refractivity contribution in [3.05, 3.63) is 29.4 Å². The van der Waals surface area contributed by atoms with Crippen LogP contribution in [0, 0.1) is 6.92 Å². The first kappa shape index (κ1) is 12.8. The standard InChI is InChI=1S/C9H10ClN5O2S/c1-6-3-8(15(2)13-6)14-18(16,17)7-4-11-9(10)12-5-7/h3-5,14H,1-2H3. The van der Waals surface area contributed by atoms with E-state index in [1.807, 2.05) is 0 Å². The van der Waals surface area contributed by atoms with E-state index >= 15 is 0 Å². The molecule has 1 N–H and O–H groups in total. The van der Waals surface area contributed by atoms with Gasteiger partial charge in [-0.05, 0) is 18.5 Å². The molecule has 0 aliphatic carbocycles. The fourth-order valence-corrected chi connectivity index (χ4v) is 2.41. The monoisotopic (exact) mass is 287 g/mol. The van der Waals surface area contributed by atoms with Crippen molar-refractivity contribution in [3.8, 4) is 0 Å². The maximum Gasteiger partial charge on any atom is 0.266 e. The van der Waals surface area contributed by atoms with Crippen molar-refractivity contribution in [2.75, 3.05) is 4.72 Å². The van der Waals surface area contributed by atoms with E-state index in [-0.39, 0.29) is 10.2 Å². The third kappa shape index (κ3) is 2.59. The van der Waals surface area contributed by atoms with E-state index in [9.17, 15) is 8.42 Å². The highest BCUT2D eigenvalue weighted by Crippen LogP contribution is 2.15. The van der Waals surface area contributed by atoms with Gasteiger partial charge in [-0.1, -0.05) is 0 Å². The first-order chi connectivity index (χ1) is 8.38. The summed E-state index contributed by atoms with van der Waals surface area (Å²) in [6.45, 7) is 1.77. The molecule has 0 saturated heterocycles. The molecule has 9 heteroatoms. The fraction of sp³-hybridized carbons (Fsp3) is 0.222. The highest BCUT2D eigenvalue weighted by molar-refractivity contribution is 7.92. The van der Waals surface area contributed by atoms with Crippen molar-refractivity contribution in [2.24, 2.45) is 7.05 Å². The normalized spacial score (nSPS) is 11.5. The molecular weight excluding hydrogens is 278 g/mol. The smallest absolute Gasteiger partial charge is 0.263 e. The second kappa shape index (κ2) is 4.54. The topological polar surface area (TPSA) is 89.8 Å². The van der Waals surface area contributed by atoms with Gasteiger partial charge in [-0.3, -0.25) is 9.40 Å². The number of anilines is 1. The van der Waals surface area contributed by atoms with E-state index in [2.05, 4.69) is 19.8 Å². The zero-order chi connectivity index (χ0) is 13.3. The molecule has 96 valence electrons. The third-order valence-corrected chi connectivity index (χ3v) is 3.65. The molecule has 2 aromatic rings. The van der Waals surface area contributed by atoms with E-state index in [4.69, 9.17) is 11.6 Å². The summed E-state index contributed by atoms with van der Waals surface area (Å²) in [6.07, 6.45) is 2.28. The van der Waals surface area contributed by atoms with Gasteiger partial charge >= 0.3 is 0 Å². The van der Waals surface area contributed by atoms with Gasteiger partial charge in [0.2, 0.25) is 5.28 Å². The summed E-state index contributed by atoms with van der Waals surface area (Å²) in [4.78, 5) is 7.19. The Morgan fingerprint density at radius 1 is 1.33 bits per heavy atom. The minimum Gasteiger partial charge on any atom is -0.263 e. The van der Waals surface area contributed by atoms with Gasteiger partial charge in [-0.25, -0.2) is 18.4 Å². The molecule has 0 atom stereocenters. The molecule has 0 spiro atoms. The average Bonchev–Trinajstić information content (AvgIpc) is 2.57. The lowest BCUT2D eigenvalue weighted by atomic mass is 10.5. The summed E-state index contributed by atoms with van der Waals surface area (Å²) < 4.78 is 27.8. The van der Waals surface area contributed by atoms with Crippen LogP contribution >= 0.6 is 11.6 Å². The number of hydrogen-bond acceptors (Lipinski definition) is 5. The Bertz CT molecular complexity index is 665. The van der Waals surface area contributed by atoms with Gasteiger partial charge in [0.25, 0.3) is 10.0 Å². The predicted octanol–water partition coefficient (Wildman–Crippen LogP) is 0.973. The highest BCUT2D eigenvalue weighted by atomic mass is 35.5. The van der Waals surface area contributed by atoms with Crippen molar-refractivity contribution in [2.45, 2.75) is 11.8 Å². The van der Waals surface area contributed by atoms with Gasteiger partial charge in [0.15, 0.2) is 0 Å². The number of nitrogens with one attached hydrogen (secondary N) is 1. The largest absolute Gasteiger partial charge is 0.266 e. The van der Waals surface area contributed by atoms with Crippen LogP contribution in [-0.4, -0.2) is 28.2 Å². The Hall–Kier alpha value is -1.67. The molecule has 0 aromatic carbocycles. The molecule has 18 heavy (non-hydrogen) atoms. The lowest BCUT2D eigenvalue weighted by molar-refractivity contribution is 0.599. The maximum absolute atomic E-state index is 12.0. The Morgan fingerprint density at radius 3 is 2.44 bits per heavy atom. The van der Waals surface area contributed by atoms with Crippen LogP contribution in [0.1, 0.15) is 5.69 Å². The molecule has 2 heterocycles. The van der Waals surface area contributed by atoms with Crippen LogP contribution in [0.5, 0.6) is 0 Å². The number of sulfonamides is 1. The van der Waals surface area contributed by atoms with E-state index in [0.717, 1.165) is 12.4 Å². The quantitative estimate of drug-likeness (QED) is 0.850. The number of aryl methyl sites for hydroxylation is 2. The molecule has 0 aliphatic heterocycles. The van der Waals surface area contributed by atoms with Gasteiger partial charge in [0, 0.05) is 13.1 Å². The van der Waals surface area contributed by atoms with Crippen LogP contribution in [0.2, 0.25) is 5.28 Å². The van der Waals surface area contributed by atoms with Crippen LogP contribution in [0.15, 0.2) is 23.4 Å². The SMILES string of the molecule is Cc1cc(NS(=O)(=O)c2cnc(Cl)nc2)n(C)n1. The number of hydrogen-bond donors (Lipinski definition) is 1. The zero-order valence-electron chi connectivity index (χ0n) is 9.62. The Morgan fingerprint density at radius 2 is 1.94 bits per heavy atom. The maximum atomic E-state index is 12.0. The van der Waals surface area contributed by atoms with Crippen LogP contribution in [0.3, 0.4) is 0 Å². The molecule has 0 unspecified atom stereocenters. The van der Waals surface area contributed by atoms with E-state index in [0.29, 0.717) is 11.5 Å². The molecule has 0 saturated carbocycles. The molecule has 0 radical (unpaired) electrons. The molecular formula is C9H10ClN5O2S.